The highest BCUT2D eigenvalue weighted by molar-refractivity contribution is 5.66. The molecular formula is C24H40O4. The zero-order valence-corrected chi connectivity index (χ0v) is 17.9. The van der Waals surface area contributed by atoms with E-state index in [9.17, 15) is 15.0 Å². The highest BCUT2D eigenvalue weighted by atomic mass is 16.4. The third-order valence-corrected chi connectivity index (χ3v) is 10.2. The number of carboxylic acid groups (broad SMARTS) is 1. The van der Waals surface area contributed by atoms with E-state index in [0.717, 1.165) is 32.1 Å². The topological polar surface area (TPSA) is 77.8 Å². The van der Waals surface area contributed by atoms with Crippen molar-refractivity contribution >= 4 is 5.97 Å². The van der Waals surface area contributed by atoms with Gasteiger partial charge in [-0.05, 0) is 104 Å². The van der Waals surface area contributed by atoms with Gasteiger partial charge in [0, 0.05) is 6.42 Å². The van der Waals surface area contributed by atoms with Gasteiger partial charge >= 0.3 is 5.97 Å². The van der Waals surface area contributed by atoms with E-state index >= 15 is 0 Å². The van der Waals surface area contributed by atoms with Crippen molar-refractivity contribution in [2.75, 3.05) is 0 Å². The number of fused-ring (bicyclic) bond motifs is 5. The standard InChI is InChI=1S/C24H40O4/c1-14(4-7-21(27)28)17-5-6-18-22-19(9-11-24(17,18)3)23(2)10-8-16(25)12-15(23)13-20(22)26/h14-20,22,25-26H,4-13H2,1-3H3,(H,27,28)/t14-,15-,16-,17-,18-,19+,20-,22+,23+,24-/m1/s1. The molecule has 28 heavy (non-hydrogen) atoms. The number of aliphatic carboxylic acids is 1. The Morgan fingerprint density at radius 3 is 2.39 bits per heavy atom. The van der Waals surface area contributed by atoms with Crippen LogP contribution in [0.1, 0.15) is 85.0 Å². The van der Waals surface area contributed by atoms with E-state index in [4.69, 9.17) is 5.11 Å². The largest absolute Gasteiger partial charge is 0.481 e. The summed E-state index contributed by atoms with van der Waals surface area (Å²) in [6.45, 7) is 7.16. The molecule has 0 amide bonds. The van der Waals surface area contributed by atoms with Gasteiger partial charge in [-0.2, -0.15) is 0 Å². The van der Waals surface area contributed by atoms with Crippen LogP contribution in [-0.2, 0) is 4.79 Å². The molecule has 4 heteroatoms. The average Bonchev–Trinajstić information content (AvgIpc) is 2.98. The molecule has 0 unspecified atom stereocenters. The summed E-state index contributed by atoms with van der Waals surface area (Å²) in [6, 6.07) is 0. The molecule has 4 fully saturated rings. The van der Waals surface area contributed by atoms with Crippen LogP contribution in [0.15, 0.2) is 0 Å². The molecule has 10 atom stereocenters. The monoisotopic (exact) mass is 392 g/mol. The lowest BCUT2D eigenvalue weighted by molar-refractivity contribution is -0.174. The van der Waals surface area contributed by atoms with Crippen molar-refractivity contribution < 1.29 is 20.1 Å². The lowest BCUT2D eigenvalue weighted by Crippen LogP contribution is -2.58. The van der Waals surface area contributed by atoms with Gasteiger partial charge in [0.1, 0.15) is 0 Å². The summed E-state index contributed by atoms with van der Waals surface area (Å²) in [5.41, 5.74) is 0.523. The van der Waals surface area contributed by atoms with Crippen molar-refractivity contribution in [2.24, 2.45) is 46.3 Å². The average molecular weight is 393 g/mol. The van der Waals surface area contributed by atoms with E-state index in [1.807, 2.05) is 0 Å². The first-order chi connectivity index (χ1) is 13.2. The molecule has 0 saturated heterocycles. The molecule has 4 aliphatic carbocycles. The van der Waals surface area contributed by atoms with Crippen LogP contribution in [0.2, 0.25) is 0 Å². The molecule has 4 nitrogen and oxygen atoms in total. The quantitative estimate of drug-likeness (QED) is 0.659. The first kappa shape index (κ1) is 20.7. The van der Waals surface area contributed by atoms with Crippen LogP contribution in [0.4, 0.5) is 0 Å². The van der Waals surface area contributed by atoms with Crippen LogP contribution in [0.5, 0.6) is 0 Å². The maximum absolute atomic E-state index is 11.2. The van der Waals surface area contributed by atoms with Gasteiger partial charge in [0.05, 0.1) is 12.2 Å². The number of carboxylic acids is 1. The molecule has 0 heterocycles. The molecule has 4 saturated carbocycles. The summed E-state index contributed by atoms with van der Waals surface area (Å²) >= 11 is 0. The second kappa shape index (κ2) is 7.27. The van der Waals surface area contributed by atoms with E-state index in [0.29, 0.717) is 35.5 Å². The predicted molar refractivity (Wildman–Crippen MR) is 109 cm³/mol. The van der Waals surface area contributed by atoms with Crippen molar-refractivity contribution in [3.63, 3.8) is 0 Å². The van der Waals surface area contributed by atoms with Gasteiger partial charge in [-0.3, -0.25) is 4.79 Å². The van der Waals surface area contributed by atoms with Crippen molar-refractivity contribution in [3.05, 3.63) is 0 Å². The first-order valence-corrected chi connectivity index (χ1v) is 11.7. The molecule has 160 valence electrons. The van der Waals surface area contributed by atoms with Crippen LogP contribution in [0.25, 0.3) is 0 Å². The smallest absolute Gasteiger partial charge is 0.303 e. The summed E-state index contributed by atoms with van der Waals surface area (Å²) in [6.07, 6.45) is 9.19. The fraction of sp³-hybridized carbons (Fsp3) is 0.958. The van der Waals surface area contributed by atoms with E-state index in [1.54, 1.807) is 0 Å². The summed E-state index contributed by atoms with van der Waals surface area (Å²) in [4.78, 5) is 11.1. The van der Waals surface area contributed by atoms with E-state index < -0.39 is 5.97 Å². The SMILES string of the molecule is C[C@H](CCC(=O)O)[C@H]1CC[C@@H]2[C@@H]3[C@H](O)C[C@H]4C[C@H](O)CC[C@]4(C)[C@H]3CC[C@@]21C. The molecule has 4 rings (SSSR count). The summed E-state index contributed by atoms with van der Waals surface area (Å²) in [7, 11) is 0. The molecule has 0 aliphatic heterocycles. The summed E-state index contributed by atoms with van der Waals surface area (Å²) in [5.74, 6) is 2.36. The van der Waals surface area contributed by atoms with Gasteiger partial charge in [0.15, 0.2) is 0 Å². The molecular weight excluding hydrogens is 352 g/mol. The number of hydrogen-bond acceptors (Lipinski definition) is 3. The number of aliphatic hydroxyl groups is 2. The Labute approximate surface area is 170 Å². The van der Waals surface area contributed by atoms with Crippen LogP contribution < -0.4 is 0 Å². The molecule has 0 bridgehead atoms. The van der Waals surface area contributed by atoms with Crippen LogP contribution >= 0.6 is 0 Å². The fourth-order valence-electron chi connectivity index (χ4n) is 8.73. The van der Waals surface area contributed by atoms with Gasteiger partial charge in [0.25, 0.3) is 0 Å². The van der Waals surface area contributed by atoms with Gasteiger partial charge < -0.3 is 15.3 Å². The van der Waals surface area contributed by atoms with Crippen molar-refractivity contribution in [2.45, 2.75) is 97.2 Å². The maximum atomic E-state index is 11.2. The minimum atomic E-state index is -0.684. The normalized spacial score (nSPS) is 51.7. The lowest BCUT2D eigenvalue weighted by atomic mass is 9.43. The summed E-state index contributed by atoms with van der Waals surface area (Å²) < 4.78 is 0. The van der Waals surface area contributed by atoms with Crippen LogP contribution in [-0.4, -0.2) is 33.5 Å². The zero-order valence-electron chi connectivity index (χ0n) is 17.9. The molecule has 0 aromatic heterocycles. The molecule has 4 aliphatic rings. The Kier molecular flexibility index (Phi) is 5.36. The minimum Gasteiger partial charge on any atom is -0.481 e. The van der Waals surface area contributed by atoms with Crippen molar-refractivity contribution in [1.82, 2.24) is 0 Å². The van der Waals surface area contributed by atoms with E-state index in [2.05, 4.69) is 20.8 Å². The molecule has 0 aromatic carbocycles. The number of rotatable bonds is 4. The highest BCUT2D eigenvalue weighted by Crippen LogP contribution is 2.68. The lowest BCUT2D eigenvalue weighted by Gasteiger charge is -2.62. The fourth-order valence-corrected chi connectivity index (χ4v) is 8.73. The second-order valence-corrected chi connectivity index (χ2v) is 11.4. The van der Waals surface area contributed by atoms with Crippen LogP contribution in [0, 0.1) is 46.3 Å². The third kappa shape index (κ3) is 3.14. The van der Waals surface area contributed by atoms with Gasteiger partial charge in [0.2, 0.25) is 0 Å². The molecule has 0 spiro atoms. The van der Waals surface area contributed by atoms with E-state index in [-0.39, 0.29) is 29.5 Å². The maximum Gasteiger partial charge on any atom is 0.303 e. The Morgan fingerprint density at radius 2 is 1.68 bits per heavy atom. The highest BCUT2D eigenvalue weighted by Gasteiger charge is 2.62. The van der Waals surface area contributed by atoms with Gasteiger partial charge in [-0.25, -0.2) is 0 Å². The van der Waals surface area contributed by atoms with Gasteiger partial charge in [-0.15, -0.1) is 0 Å². The second-order valence-electron chi connectivity index (χ2n) is 11.4. The van der Waals surface area contributed by atoms with Crippen molar-refractivity contribution in [1.29, 1.82) is 0 Å². The van der Waals surface area contributed by atoms with E-state index in [1.165, 1.54) is 25.7 Å². The number of aliphatic hydroxyl groups excluding tert-OH is 2. The number of hydrogen-bond donors (Lipinski definition) is 3. The minimum absolute atomic E-state index is 0.179. The zero-order chi connectivity index (χ0) is 20.3. The molecule has 0 radical (unpaired) electrons. The Balaban J connectivity index is 1.55. The Morgan fingerprint density at radius 1 is 1.00 bits per heavy atom. The predicted octanol–water partition coefficient (Wildman–Crippen LogP) is 4.48. The first-order valence-electron chi connectivity index (χ1n) is 11.7. The Hall–Kier alpha value is -0.610. The number of carbonyl (C=O) groups is 1. The third-order valence-electron chi connectivity index (χ3n) is 10.2. The molecule has 3 N–H and O–H groups in total. The van der Waals surface area contributed by atoms with Crippen LogP contribution in [0.3, 0.4) is 0 Å². The van der Waals surface area contributed by atoms with Crippen molar-refractivity contribution in [3.8, 4) is 0 Å². The summed E-state index contributed by atoms with van der Waals surface area (Å²) in [5, 5.41) is 30.5. The Bertz CT molecular complexity index is 605. The molecule has 0 aromatic rings. The van der Waals surface area contributed by atoms with Gasteiger partial charge in [-0.1, -0.05) is 20.8 Å².